The van der Waals surface area contributed by atoms with Crippen LogP contribution in [0, 0.1) is 0 Å². The van der Waals surface area contributed by atoms with Crippen LogP contribution in [-0.2, 0) is 17.4 Å². The molecule has 6 heteroatoms. The molecule has 2 rings (SSSR count). The van der Waals surface area contributed by atoms with E-state index >= 15 is 0 Å². The molecule has 0 bridgehead atoms. The van der Waals surface area contributed by atoms with E-state index in [2.05, 4.69) is 5.32 Å². The van der Waals surface area contributed by atoms with Gasteiger partial charge in [-0.05, 0) is 36.2 Å². The number of benzene rings is 2. The Kier molecular flexibility index (Phi) is 5.08. The molecule has 0 heterocycles. The number of carbonyl (C=O) groups is 1. The highest BCUT2D eigenvalue weighted by molar-refractivity contribution is 6.30. The fraction of sp³-hybridized carbons (Fsp3) is 0.188. The summed E-state index contributed by atoms with van der Waals surface area (Å²) in [6.07, 6.45) is -3.98. The second kappa shape index (κ2) is 6.83. The molecule has 116 valence electrons. The molecule has 0 unspecified atom stereocenters. The third-order valence-corrected chi connectivity index (χ3v) is 3.31. The van der Waals surface area contributed by atoms with Crippen LogP contribution < -0.4 is 5.32 Å². The topological polar surface area (TPSA) is 29.1 Å². The molecule has 0 radical (unpaired) electrons. The van der Waals surface area contributed by atoms with Crippen LogP contribution in [-0.4, -0.2) is 5.91 Å². The van der Waals surface area contributed by atoms with Gasteiger partial charge in [-0.1, -0.05) is 35.9 Å². The Balaban J connectivity index is 1.99. The van der Waals surface area contributed by atoms with E-state index in [1.165, 1.54) is 18.2 Å². The SMILES string of the molecule is O=C(CCc1ccc(Cl)cc1)Nc1ccccc1C(F)(F)F. The van der Waals surface area contributed by atoms with E-state index in [1.54, 1.807) is 24.3 Å². The third kappa shape index (κ3) is 4.49. The molecular weight excluding hydrogens is 315 g/mol. The van der Waals surface area contributed by atoms with Crippen molar-refractivity contribution in [3.05, 3.63) is 64.7 Å². The number of hydrogen-bond acceptors (Lipinski definition) is 1. The summed E-state index contributed by atoms with van der Waals surface area (Å²) in [5.74, 6) is -0.466. The van der Waals surface area contributed by atoms with E-state index in [1.807, 2.05) is 0 Å². The molecule has 22 heavy (non-hydrogen) atoms. The maximum absolute atomic E-state index is 12.8. The van der Waals surface area contributed by atoms with Gasteiger partial charge in [-0.25, -0.2) is 0 Å². The highest BCUT2D eigenvalue weighted by Crippen LogP contribution is 2.34. The first-order valence-corrected chi connectivity index (χ1v) is 6.94. The lowest BCUT2D eigenvalue weighted by Gasteiger charge is -2.13. The molecule has 0 aliphatic carbocycles. The largest absolute Gasteiger partial charge is 0.418 e. The summed E-state index contributed by atoms with van der Waals surface area (Å²) in [4.78, 5) is 11.8. The van der Waals surface area contributed by atoms with Crippen LogP contribution in [0.25, 0.3) is 0 Å². The van der Waals surface area contributed by atoms with Crippen LogP contribution >= 0.6 is 11.6 Å². The van der Waals surface area contributed by atoms with Crippen LogP contribution in [0.3, 0.4) is 0 Å². The van der Waals surface area contributed by atoms with Crippen molar-refractivity contribution < 1.29 is 18.0 Å². The minimum absolute atomic E-state index is 0.0911. The molecule has 0 aromatic heterocycles. The van der Waals surface area contributed by atoms with Crippen molar-refractivity contribution in [3.8, 4) is 0 Å². The highest BCUT2D eigenvalue weighted by Gasteiger charge is 2.33. The normalized spacial score (nSPS) is 11.3. The van der Waals surface area contributed by atoms with Gasteiger partial charge in [0.25, 0.3) is 0 Å². The number of nitrogens with one attached hydrogen (secondary N) is 1. The van der Waals surface area contributed by atoms with Crippen molar-refractivity contribution in [1.82, 2.24) is 0 Å². The summed E-state index contributed by atoms with van der Waals surface area (Å²) in [6.45, 7) is 0. The van der Waals surface area contributed by atoms with Crippen LogP contribution in [0.4, 0.5) is 18.9 Å². The molecule has 0 aliphatic heterocycles. The summed E-state index contributed by atoms with van der Waals surface area (Å²) in [6, 6.07) is 11.9. The predicted molar refractivity (Wildman–Crippen MR) is 79.8 cm³/mol. The van der Waals surface area contributed by atoms with Gasteiger partial charge in [0.2, 0.25) is 5.91 Å². The van der Waals surface area contributed by atoms with Gasteiger partial charge in [0, 0.05) is 11.4 Å². The minimum Gasteiger partial charge on any atom is -0.325 e. The number of anilines is 1. The van der Waals surface area contributed by atoms with Crippen molar-refractivity contribution in [2.24, 2.45) is 0 Å². The minimum atomic E-state index is -4.50. The summed E-state index contributed by atoms with van der Waals surface area (Å²) in [5.41, 5.74) is -0.186. The van der Waals surface area contributed by atoms with E-state index in [0.717, 1.165) is 11.6 Å². The molecule has 0 atom stereocenters. The second-order valence-corrected chi connectivity index (χ2v) is 5.15. The molecule has 0 aliphatic rings. The molecule has 2 aromatic carbocycles. The number of hydrogen-bond donors (Lipinski definition) is 1. The van der Waals surface area contributed by atoms with Gasteiger partial charge in [0.05, 0.1) is 11.3 Å². The summed E-state index contributed by atoms with van der Waals surface area (Å²) in [7, 11) is 0. The van der Waals surface area contributed by atoms with Crippen molar-refractivity contribution in [1.29, 1.82) is 0 Å². The first-order chi connectivity index (χ1) is 10.4. The number of carbonyl (C=O) groups excluding carboxylic acids is 1. The monoisotopic (exact) mass is 327 g/mol. The first kappa shape index (κ1) is 16.4. The first-order valence-electron chi connectivity index (χ1n) is 6.57. The molecule has 2 aromatic rings. The fourth-order valence-electron chi connectivity index (χ4n) is 1.96. The van der Waals surface area contributed by atoms with Crippen LogP contribution in [0.2, 0.25) is 5.02 Å². The van der Waals surface area contributed by atoms with Gasteiger partial charge < -0.3 is 5.32 Å². The molecule has 1 N–H and O–H groups in total. The Bertz CT molecular complexity index is 653. The Labute approximate surface area is 130 Å². The lowest BCUT2D eigenvalue weighted by molar-refractivity contribution is -0.137. The van der Waals surface area contributed by atoms with E-state index < -0.39 is 17.6 Å². The van der Waals surface area contributed by atoms with Crippen LogP contribution in [0.1, 0.15) is 17.5 Å². The summed E-state index contributed by atoms with van der Waals surface area (Å²) < 4.78 is 38.5. The average molecular weight is 328 g/mol. The van der Waals surface area contributed by atoms with Crippen LogP contribution in [0.15, 0.2) is 48.5 Å². The molecule has 2 nitrogen and oxygen atoms in total. The Morgan fingerprint density at radius 2 is 1.68 bits per heavy atom. The quantitative estimate of drug-likeness (QED) is 0.847. The highest BCUT2D eigenvalue weighted by atomic mass is 35.5. The van der Waals surface area contributed by atoms with Gasteiger partial charge in [-0.3, -0.25) is 4.79 Å². The zero-order valence-corrected chi connectivity index (χ0v) is 12.2. The van der Waals surface area contributed by atoms with E-state index in [9.17, 15) is 18.0 Å². The molecule has 0 fully saturated rings. The molecule has 0 saturated carbocycles. The standard InChI is InChI=1S/C16H13ClF3NO/c17-12-8-5-11(6-9-12)7-10-15(22)21-14-4-2-1-3-13(14)16(18,19)20/h1-6,8-9H,7,10H2,(H,21,22). The maximum Gasteiger partial charge on any atom is 0.418 e. The zero-order valence-electron chi connectivity index (χ0n) is 11.5. The number of para-hydroxylation sites is 1. The van der Waals surface area contributed by atoms with Gasteiger partial charge in [0.15, 0.2) is 0 Å². The summed E-state index contributed by atoms with van der Waals surface area (Å²) >= 11 is 5.76. The average Bonchev–Trinajstić information content (AvgIpc) is 2.46. The van der Waals surface area contributed by atoms with Gasteiger partial charge >= 0.3 is 6.18 Å². The van der Waals surface area contributed by atoms with Gasteiger partial charge in [-0.2, -0.15) is 13.2 Å². The number of halogens is 4. The fourth-order valence-corrected chi connectivity index (χ4v) is 2.09. The molecule has 0 saturated heterocycles. The predicted octanol–water partition coefficient (Wildman–Crippen LogP) is 4.93. The number of aryl methyl sites for hydroxylation is 1. The van der Waals surface area contributed by atoms with E-state index in [4.69, 9.17) is 11.6 Å². The van der Waals surface area contributed by atoms with E-state index in [0.29, 0.717) is 11.4 Å². The van der Waals surface area contributed by atoms with Gasteiger partial charge in [0.1, 0.15) is 0 Å². The molecule has 0 spiro atoms. The third-order valence-electron chi connectivity index (χ3n) is 3.06. The molecular formula is C16H13ClF3NO. The van der Waals surface area contributed by atoms with Crippen molar-refractivity contribution in [2.45, 2.75) is 19.0 Å². The van der Waals surface area contributed by atoms with Crippen molar-refractivity contribution in [2.75, 3.05) is 5.32 Å². The van der Waals surface area contributed by atoms with Gasteiger partial charge in [-0.15, -0.1) is 0 Å². The number of amides is 1. The number of rotatable bonds is 4. The Morgan fingerprint density at radius 3 is 2.32 bits per heavy atom. The summed E-state index contributed by atoms with van der Waals surface area (Å²) in [5, 5.41) is 2.90. The lowest BCUT2D eigenvalue weighted by atomic mass is 10.1. The second-order valence-electron chi connectivity index (χ2n) is 4.72. The smallest absolute Gasteiger partial charge is 0.325 e. The Morgan fingerprint density at radius 1 is 1.05 bits per heavy atom. The van der Waals surface area contributed by atoms with Crippen LogP contribution in [0.5, 0.6) is 0 Å². The van der Waals surface area contributed by atoms with Crippen molar-refractivity contribution in [3.63, 3.8) is 0 Å². The zero-order chi connectivity index (χ0) is 16.2. The number of alkyl halides is 3. The van der Waals surface area contributed by atoms with Crippen molar-refractivity contribution >= 4 is 23.2 Å². The Hall–Kier alpha value is -2.01. The van der Waals surface area contributed by atoms with E-state index in [-0.39, 0.29) is 12.1 Å². The lowest BCUT2D eigenvalue weighted by Crippen LogP contribution is -2.16. The maximum atomic E-state index is 12.8. The molecule has 1 amide bonds.